The number of carbonyl (C=O) groups is 4. The van der Waals surface area contributed by atoms with Crippen molar-refractivity contribution >= 4 is 46.2 Å². The lowest BCUT2D eigenvalue weighted by molar-refractivity contribution is -0.140. The number of rotatable bonds is 10. The van der Waals surface area contributed by atoms with E-state index in [0.29, 0.717) is 64.4 Å². The Morgan fingerprint density at radius 1 is 0.918 bits per heavy atom. The Labute approximate surface area is 287 Å². The SMILES string of the molecule is CCCCCCN1C(=O)c2c3nc(cc4nc(cc5[nH]c(cc6[nH]c2c(c6C)C1=O)[C@@H](CC)[C@@H]5C)C(C=O)=C4C)[C@@H](C)[C@@H]3CCC(=O)OC. The number of unbranched alkanes of at least 4 members (excludes halogenated alkanes) is 3. The molecular formula is C39H47N5O5. The maximum Gasteiger partial charge on any atom is 0.305 e. The summed E-state index contributed by atoms with van der Waals surface area (Å²) in [6.45, 7) is 12.6. The fraction of sp³-hybridized carbons (Fsp3) is 0.487. The molecule has 49 heavy (non-hydrogen) atoms. The van der Waals surface area contributed by atoms with Gasteiger partial charge in [0.1, 0.15) is 0 Å². The van der Waals surface area contributed by atoms with Crippen molar-refractivity contribution in [3.63, 3.8) is 0 Å². The number of esters is 1. The third-order valence-electron chi connectivity index (χ3n) is 11.0. The van der Waals surface area contributed by atoms with Crippen LogP contribution in [0.1, 0.15) is 164 Å². The Bertz CT molecular complexity index is 1950. The van der Waals surface area contributed by atoms with E-state index < -0.39 is 0 Å². The molecule has 2 N–H and O–H groups in total. The second-order valence-corrected chi connectivity index (χ2v) is 13.9. The smallest absolute Gasteiger partial charge is 0.305 e. The lowest BCUT2D eigenvalue weighted by Crippen LogP contribution is -2.41. The fourth-order valence-corrected chi connectivity index (χ4v) is 7.94. The van der Waals surface area contributed by atoms with E-state index in [1.165, 1.54) is 12.0 Å². The number of ether oxygens (including phenoxy) is 1. The quantitative estimate of drug-likeness (QED) is 0.114. The van der Waals surface area contributed by atoms with Crippen molar-refractivity contribution in [3.05, 3.63) is 69.1 Å². The van der Waals surface area contributed by atoms with Gasteiger partial charge in [-0.05, 0) is 62.4 Å². The molecular weight excluding hydrogens is 618 g/mol. The highest BCUT2D eigenvalue weighted by molar-refractivity contribution is 6.23. The first-order valence-corrected chi connectivity index (χ1v) is 17.7. The molecule has 2 aromatic rings. The summed E-state index contributed by atoms with van der Waals surface area (Å²) in [6, 6.07) is 5.93. The molecule has 10 nitrogen and oxygen atoms in total. The molecule has 8 bridgehead atoms. The van der Waals surface area contributed by atoms with Crippen LogP contribution in [0.15, 0.2) is 18.2 Å². The monoisotopic (exact) mass is 665 g/mol. The van der Waals surface area contributed by atoms with Crippen LogP contribution in [0.4, 0.5) is 0 Å². The van der Waals surface area contributed by atoms with Gasteiger partial charge in [0.2, 0.25) is 0 Å². The van der Waals surface area contributed by atoms with E-state index in [1.54, 1.807) is 0 Å². The van der Waals surface area contributed by atoms with E-state index in [-0.39, 0.29) is 47.9 Å². The zero-order chi connectivity index (χ0) is 35.1. The minimum Gasteiger partial charge on any atom is -0.469 e. The number of aldehydes is 1. The highest BCUT2D eigenvalue weighted by Gasteiger charge is 2.41. The minimum absolute atomic E-state index is 0.135. The summed E-state index contributed by atoms with van der Waals surface area (Å²) in [5, 5.41) is 0. The Kier molecular flexibility index (Phi) is 9.60. The van der Waals surface area contributed by atoms with E-state index in [0.717, 1.165) is 60.0 Å². The van der Waals surface area contributed by atoms with Gasteiger partial charge in [0, 0.05) is 64.8 Å². The van der Waals surface area contributed by atoms with Crippen LogP contribution in [0.5, 0.6) is 0 Å². The van der Waals surface area contributed by atoms with Crippen LogP contribution in [0.25, 0.3) is 22.2 Å². The molecule has 258 valence electrons. The lowest BCUT2D eigenvalue weighted by atomic mass is 9.84. The van der Waals surface area contributed by atoms with Crippen LogP contribution >= 0.6 is 0 Å². The molecule has 0 aromatic carbocycles. The maximum absolute atomic E-state index is 14.6. The summed E-state index contributed by atoms with van der Waals surface area (Å²) in [5.41, 5.74) is 8.60. The third-order valence-corrected chi connectivity index (χ3v) is 11.0. The predicted molar refractivity (Wildman–Crippen MR) is 189 cm³/mol. The summed E-state index contributed by atoms with van der Waals surface area (Å²) >= 11 is 0. The predicted octanol–water partition coefficient (Wildman–Crippen LogP) is 7.79. The zero-order valence-corrected chi connectivity index (χ0v) is 29.7. The van der Waals surface area contributed by atoms with Crippen molar-refractivity contribution in [1.82, 2.24) is 24.8 Å². The van der Waals surface area contributed by atoms with Crippen molar-refractivity contribution in [1.29, 1.82) is 0 Å². The average molecular weight is 666 g/mol. The molecule has 0 spiro atoms. The Morgan fingerprint density at radius 3 is 2.37 bits per heavy atom. The van der Waals surface area contributed by atoms with Crippen molar-refractivity contribution in [2.45, 2.75) is 110 Å². The summed E-state index contributed by atoms with van der Waals surface area (Å²) in [4.78, 5) is 72.2. The normalized spacial score (nSPS) is 20.9. The number of imide groups is 1. The number of nitrogens with one attached hydrogen (secondary N) is 2. The topological polar surface area (TPSA) is 138 Å². The van der Waals surface area contributed by atoms with Crippen LogP contribution in [-0.4, -0.2) is 62.6 Å². The molecule has 0 unspecified atom stereocenters. The van der Waals surface area contributed by atoms with Gasteiger partial charge in [0.25, 0.3) is 11.8 Å². The van der Waals surface area contributed by atoms with Gasteiger partial charge in [-0.25, -0.2) is 4.98 Å². The number of hydrogen-bond acceptors (Lipinski definition) is 7. The van der Waals surface area contributed by atoms with Gasteiger partial charge in [-0.15, -0.1) is 0 Å². The minimum atomic E-state index is -0.372. The third kappa shape index (κ3) is 5.89. The van der Waals surface area contributed by atoms with Crippen molar-refractivity contribution < 1.29 is 23.9 Å². The van der Waals surface area contributed by atoms with E-state index in [2.05, 4.69) is 36.8 Å². The van der Waals surface area contributed by atoms with Crippen molar-refractivity contribution in [2.24, 2.45) is 0 Å². The molecule has 4 aliphatic heterocycles. The van der Waals surface area contributed by atoms with Crippen LogP contribution in [-0.2, 0) is 14.3 Å². The second kappa shape index (κ2) is 13.7. The van der Waals surface area contributed by atoms with E-state index >= 15 is 0 Å². The van der Waals surface area contributed by atoms with Gasteiger partial charge in [-0.1, -0.05) is 47.0 Å². The first-order valence-electron chi connectivity index (χ1n) is 17.7. The number of allylic oxidation sites excluding steroid dienone is 2. The Morgan fingerprint density at radius 2 is 1.67 bits per heavy atom. The lowest BCUT2D eigenvalue weighted by Gasteiger charge is -2.27. The number of aromatic nitrogens is 4. The van der Waals surface area contributed by atoms with Gasteiger partial charge in [-0.2, -0.15) is 0 Å². The Hall–Kier alpha value is -4.60. The molecule has 6 heterocycles. The summed E-state index contributed by atoms with van der Waals surface area (Å²) in [7, 11) is 1.37. The average Bonchev–Trinajstić information content (AvgIpc) is 3.76. The molecule has 0 saturated heterocycles. The molecule has 2 aromatic heterocycles. The summed E-state index contributed by atoms with van der Waals surface area (Å²) in [5.74, 6) is -1.20. The number of hydrogen-bond donors (Lipinski definition) is 2. The van der Waals surface area contributed by atoms with Gasteiger partial charge >= 0.3 is 5.97 Å². The molecule has 0 fully saturated rings. The number of aromatic amines is 2. The number of fused-ring (bicyclic) bond motifs is 8. The molecule has 0 saturated carbocycles. The molecule has 6 rings (SSSR count). The van der Waals surface area contributed by atoms with Crippen molar-refractivity contribution in [3.8, 4) is 0 Å². The van der Waals surface area contributed by atoms with E-state index in [1.807, 2.05) is 32.9 Å². The number of amides is 2. The largest absolute Gasteiger partial charge is 0.469 e. The first kappa shape index (κ1) is 34.3. The zero-order valence-electron chi connectivity index (χ0n) is 29.7. The number of nitrogens with zero attached hydrogens (tertiary/aromatic N) is 3. The maximum atomic E-state index is 14.6. The van der Waals surface area contributed by atoms with E-state index in [4.69, 9.17) is 14.7 Å². The number of carbonyl (C=O) groups excluding carboxylic acids is 4. The van der Waals surface area contributed by atoms with Crippen LogP contribution in [0.2, 0.25) is 0 Å². The van der Waals surface area contributed by atoms with Gasteiger partial charge < -0.3 is 14.7 Å². The summed E-state index contributed by atoms with van der Waals surface area (Å²) in [6.07, 6.45) is 5.98. The van der Waals surface area contributed by atoms with Crippen LogP contribution < -0.4 is 0 Å². The highest BCUT2D eigenvalue weighted by atomic mass is 16.5. The molecule has 0 aliphatic carbocycles. The van der Waals surface area contributed by atoms with Gasteiger partial charge in [0.05, 0.1) is 40.8 Å². The molecule has 4 atom stereocenters. The fourth-order valence-electron chi connectivity index (χ4n) is 7.94. The van der Waals surface area contributed by atoms with E-state index in [9.17, 15) is 19.2 Å². The molecule has 0 radical (unpaired) electrons. The molecule has 10 heteroatoms. The van der Waals surface area contributed by atoms with Crippen LogP contribution in [0.3, 0.4) is 0 Å². The molecule has 2 amide bonds. The van der Waals surface area contributed by atoms with Crippen LogP contribution in [0, 0.1) is 6.92 Å². The van der Waals surface area contributed by atoms with Gasteiger partial charge in [-0.3, -0.25) is 29.1 Å². The second-order valence-electron chi connectivity index (χ2n) is 13.9. The Balaban J connectivity index is 1.72. The summed E-state index contributed by atoms with van der Waals surface area (Å²) < 4.78 is 4.99. The number of H-pyrrole nitrogens is 2. The standard InChI is InChI=1S/C39H47N5O5/c1-8-10-11-12-15-44-38(47)34-23(6)30-18-31-24(9-2)20(3)28(40-31)17-32-26(19-45)22(5)27(41-32)16-29-21(4)25(13-14-33(46)49-7)36(42-29)35(39(44)48)37(34)43-30/h16-21,24-25,40,43H,8-15H2,1-7H3/t20-,21-,24-,25-/m0/s1. The number of methoxy groups -OCH3 is 1. The highest BCUT2D eigenvalue weighted by Crippen LogP contribution is 2.45. The van der Waals surface area contributed by atoms with Crippen molar-refractivity contribution in [2.75, 3.05) is 13.7 Å². The first-order chi connectivity index (χ1) is 23.5. The van der Waals surface area contributed by atoms with Gasteiger partial charge in [0.15, 0.2) is 6.29 Å². The molecule has 4 aliphatic rings. The number of aryl methyl sites for hydroxylation is 1.